The van der Waals surface area contributed by atoms with Crippen molar-refractivity contribution in [3.63, 3.8) is 0 Å². The lowest BCUT2D eigenvalue weighted by atomic mass is 10.1. The number of rotatable bonds is 3. The fraction of sp³-hybridized carbons (Fsp3) is 0.385. The summed E-state index contributed by atoms with van der Waals surface area (Å²) in [4.78, 5) is 1.91. The number of aliphatic hydroxyl groups is 1. The van der Waals surface area contributed by atoms with Crippen molar-refractivity contribution in [3.8, 4) is 0 Å². The third-order valence-corrected chi connectivity index (χ3v) is 3.02. The molecule has 1 saturated heterocycles. The predicted octanol–water partition coefficient (Wildman–Crippen LogP) is 1.76. The van der Waals surface area contributed by atoms with Crippen LogP contribution >= 0.6 is 0 Å². The second-order valence-electron chi connectivity index (χ2n) is 4.15. The fourth-order valence-corrected chi connectivity index (χ4v) is 2.16. The van der Waals surface area contributed by atoms with E-state index in [0.29, 0.717) is 6.54 Å². The summed E-state index contributed by atoms with van der Waals surface area (Å²) < 4.78 is 13.4. The third kappa shape index (κ3) is 2.15. The van der Waals surface area contributed by atoms with Crippen molar-refractivity contribution in [1.29, 1.82) is 0 Å². The highest BCUT2D eigenvalue weighted by atomic mass is 19.1. The normalized spacial score (nSPS) is 30.5. The van der Waals surface area contributed by atoms with E-state index in [4.69, 9.17) is 0 Å². The van der Waals surface area contributed by atoms with Gasteiger partial charge < -0.3 is 5.11 Å². The van der Waals surface area contributed by atoms with Gasteiger partial charge in [-0.1, -0.05) is 36.4 Å². The minimum absolute atomic E-state index is 0.271. The van der Waals surface area contributed by atoms with Gasteiger partial charge >= 0.3 is 0 Å². The van der Waals surface area contributed by atoms with Gasteiger partial charge in [0.05, 0.1) is 6.04 Å². The first-order chi connectivity index (χ1) is 7.72. The molecule has 0 radical (unpaired) electrons. The van der Waals surface area contributed by atoms with Gasteiger partial charge in [0.15, 0.2) is 0 Å². The van der Waals surface area contributed by atoms with Crippen LogP contribution in [-0.2, 0) is 6.54 Å². The van der Waals surface area contributed by atoms with E-state index >= 15 is 0 Å². The summed E-state index contributed by atoms with van der Waals surface area (Å²) in [5.41, 5.74) is 1.12. The van der Waals surface area contributed by atoms with Gasteiger partial charge in [-0.25, -0.2) is 4.39 Å². The van der Waals surface area contributed by atoms with E-state index in [1.807, 2.05) is 35.2 Å². The number of hydrogen-bond acceptors (Lipinski definition) is 2. The number of aliphatic hydroxyl groups excluding tert-OH is 1. The zero-order valence-corrected chi connectivity index (χ0v) is 9.09. The van der Waals surface area contributed by atoms with Gasteiger partial charge in [0.2, 0.25) is 0 Å². The Kier molecular flexibility index (Phi) is 3.36. The Hall–Kier alpha value is -1.19. The molecule has 1 aliphatic heterocycles. The smallest absolute Gasteiger partial charge is 0.140 e. The molecule has 2 nitrogen and oxygen atoms in total. The molecule has 1 aromatic carbocycles. The summed E-state index contributed by atoms with van der Waals surface area (Å²) in [7, 11) is 0. The Labute approximate surface area is 95.0 Å². The number of hydrogen-bond donors (Lipinski definition) is 1. The number of benzene rings is 1. The number of likely N-dealkylation sites (tertiary alicyclic amines) is 1. The third-order valence-electron chi connectivity index (χ3n) is 3.02. The summed E-state index contributed by atoms with van der Waals surface area (Å²) in [6, 6.07) is 9.58. The quantitative estimate of drug-likeness (QED) is 0.786. The summed E-state index contributed by atoms with van der Waals surface area (Å²) >= 11 is 0. The van der Waals surface area contributed by atoms with Crippen molar-refractivity contribution >= 4 is 0 Å². The molecular weight excluding hydrogens is 205 g/mol. The summed E-state index contributed by atoms with van der Waals surface area (Å²) in [5.74, 6) is 0. The van der Waals surface area contributed by atoms with Gasteiger partial charge in [0.1, 0.15) is 12.3 Å². The highest BCUT2D eigenvalue weighted by molar-refractivity contribution is 5.16. The van der Waals surface area contributed by atoms with Crippen molar-refractivity contribution in [2.24, 2.45) is 0 Å². The second kappa shape index (κ2) is 4.76. The van der Waals surface area contributed by atoms with Crippen LogP contribution in [-0.4, -0.2) is 34.9 Å². The molecule has 16 heavy (non-hydrogen) atoms. The molecule has 0 aliphatic carbocycles. The van der Waals surface area contributed by atoms with Crippen LogP contribution in [0.25, 0.3) is 0 Å². The monoisotopic (exact) mass is 221 g/mol. The van der Waals surface area contributed by atoms with E-state index in [2.05, 4.69) is 6.58 Å². The summed E-state index contributed by atoms with van der Waals surface area (Å²) in [6.07, 6.45) is -0.499. The van der Waals surface area contributed by atoms with Gasteiger partial charge in [-0.2, -0.15) is 0 Å². The van der Waals surface area contributed by atoms with Crippen molar-refractivity contribution in [2.45, 2.75) is 24.9 Å². The first-order valence-corrected chi connectivity index (χ1v) is 5.45. The van der Waals surface area contributed by atoms with E-state index < -0.39 is 12.3 Å². The van der Waals surface area contributed by atoms with E-state index in [1.165, 1.54) is 0 Å². The minimum atomic E-state index is -1.17. The van der Waals surface area contributed by atoms with Crippen LogP contribution in [0.15, 0.2) is 43.0 Å². The lowest BCUT2D eigenvalue weighted by Gasteiger charge is -2.22. The van der Waals surface area contributed by atoms with Crippen LogP contribution in [0.1, 0.15) is 5.56 Å². The molecule has 3 atom stereocenters. The topological polar surface area (TPSA) is 23.5 Å². The Bertz CT molecular complexity index is 354. The molecule has 3 heteroatoms. The van der Waals surface area contributed by atoms with E-state index in [0.717, 1.165) is 5.56 Å². The van der Waals surface area contributed by atoms with Crippen LogP contribution in [0.5, 0.6) is 0 Å². The molecule has 1 N–H and O–H groups in total. The maximum absolute atomic E-state index is 13.4. The molecule has 1 aliphatic rings. The zero-order valence-electron chi connectivity index (χ0n) is 9.09. The average molecular weight is 221 g/mol. The first-order valence-electron chi connectivity index (χ1n) is 5.45. The molecule has 0 spiro atoms. The largest absolute Gasteiger partial charge is 0.388 e. The van der Waals surface area contributed by atoms with Gasteiger partial charge in [0, 0.05) is 13.1 Å². The molecular formula is C13H16FNO. The SMILES string of the molecule is C=C[C@@H]1[C@@H](O)[C@H](F)CN1Cc1ccccc1. The number of alkyl halides is 1. The molecule has 2 rings (SSSR count). The average Bonchev–Trinajstić information content (AvgIpc) is 2.56. The van der Waals surface area contributed by atoms with Crippen LogP contribution in [0.2, 0.25) is 0 Å². The number of nitrogens with zero attached hydrogens (tertiary/aromatic N) is 1. The maximum atomic E-state index is 13.4. The fourth-order valence-electron chi connectivity index (χ4n) is 2.16. The maximum Gasteiger partial charge on any atom is 0.140 e. The van der Waals surface area contributed by atoms with Crippen molar-refractivity contribution in [3.05, 3.63) is 48.6 Å². The highest BCUT2D eigenvalue weighted by Crippen LogP contribution is 2.23. The predicted molar refractivity (Wildman–Crippen MR) is 61.7 cm³/mol. The molecule has 86 valence electrons. The van der Waals surface area contributed by atoms with Gasteiger partial charge in [-0.15, -0.1) is 6.58 Å². The molecule has 0 saturated carbocycles. The molecule has 1 aromatic rings. The van der Waals surface area contributed by atoms with E-state index in [1.54, 1.807) is 6.08 Å². The lowest BCUT2D eigenvalue weighted by Crippen LogP contribution is -2.33. The minimum Gasteiger partial charge on any atom is -0.388 e. The Morgan fingerprint density at radius 3 is 2.75 bits per heavy atom. The molecule has 0 bridgehead atoms. The van der Waals surface area contributed by atoms with Crippen molar-refractivity contribution < 1.29 is 9.50 Å². The Balaban J connectivity index is 2.08. The van der Waals surface area contributed by atoms with Crippen LogP contribution < -0.4 is 0 Å². The lowest BCUT2D eigenvalue weighted by molar-refractivity contribution is 0.0949. The molecule has 0 amide bonds. The Morgan fingerprint density at radius 2 is 2.12 bits per heavy atom. The van der Waals surface area contributed by atoms with Gasteiger partial charge in [0.25, 0.3) is 0 Å². The standard InChI is InChI=1S/C13H16FNO/c1-2-12-13(16)11(14)9-15(12)8-10-6-4-3-5-7-10/h2-7,11-13,16H,1,8-9H2/t11-,12-,13+/m1/s1. The molecule has 1 fully saturated rings. The molecule has 1 heterocycles. The van der Waals surface area contributed by atoms with Gasteiger partial charge in [-0.3, -0.25) is 4.90 Å². The number of halogens is 1. The van der Waals surface area contributed by atoms with Crippen LogP contribution in [0.4, 0.5) is 4.39 Å². The van der Waals surface area contributed by atoms with Crippen LogP contribution in [0.3, 0.4) is 0 Å². The van der Waals surface area contributed by atoms with Crippen molar-refractivity contribution in [1.82, 2.24) is 4.90 Å². The Morgan fingerprint density at radius 1 is 1.44 bits per heavy atom. The van der Waals surface area contributed by atoms with Crippen molar-refractivity contribution in [2.75, 3.05) is 6.54 Å². The van der Waals surface area contributed by atoms with Crippen LogP contribution in [0, 0.1) is 0 Å². The zero-order chi connectivity index (χ0) is 11.5. The van der Waals surface area contributed by atoms with E-state index in [9.17, 15) is 9.50 Å². The molecule has 0 aromatic heterocycles. The molecule has 0 unspecified atom stereocenters. The second-order valence-corrected chi connectivity index (χ2v) is 4.15. The first kappa shape index (κ1) is 11.3. The van der Waals surface area contributed by atoms with Gasteiger partial charge in [-0.05, 0) is 5.56 Å². The summed E-state index contributed by atoms with van der Waals surface area (Å²) in [6.45, 7) is 4.57. The van der Waals surface area contributed by atoms with E-state index in [-0.39, 0.29) is 12.6 Å². The summed E-state index contributed by atoms with van der Waals surface area (Å²) in [5, 5.41) is 9.62. The highest BCUT2D eigenvalue weighted by Gasteiger charge is 2.38.